The minimum atomic E-state index is 0.323. The summed E-state index contributed by atoms with van der Waals surface area (Å²) in [5.41, 5.74) is 3.68. The Morgan fingerprint density at radius 2 is 2.18 bits per heavy atom. The van der Waals surface area contributed by atoms with Gasteiger partial charge in [0.2, 0.25) is 5.71 Å². The summed E-state index contributed by atoms with van der Waals surface area (Å²) >= 11 is 0. The highest BCUT2D eigenvalue weighted by atomic mass is 16.3. The molecule has 3 heterocycles. The van der Waals surface area contributed by atoms with Crippen LogP contribution >= 0.6 is 0 Å². The van der Waals surface area contributed by atoms with Gasteiger partial charge in [-0.3, -0.25) is 4.40 Å². The molecule has 1 aliphatic carbocycles. The highest BCUT2D eigenvalue weighted by molar-refractivity contribution is 6.12. The van der Waals surface area contributed by atoms with E-state index in [1.165, 1.54) is 34.6 Å². The average Bonchev–Trinajstić information content (AvgIpc) is 2.95. The first kappa shape index (κ1) is 12.3. The molecular formula is C19H18N2O. The number of hydrogen-bond acceptors (Lipinski definition) is 2. The third-order valence-electron chi connectivity index (χ3n) is 5.70. The molecule has 2 unspecified atom stereocenters. The molecule has 0 spiro atoms. The van der Waals surface area contributed by atoms with Gasteiger partial charge in [0.05, 0.1) is 6.26 Å². The molecule has 0 amide bonds. The van der Waals surface area contributed by atoms with E-state index in [9.17, 15) is 0 Å². The fourth-order valence-electron chi connectivity index (χ4n) is 4.32. The van der Waals surface area contributed by atoms with E-state index in [2.05, 4.69) is 47.5 Å². The van der Waals surface area contributed by atoms with Crippen LogP contribution in [-0.2, 0) is 5.41 Å². The van der Waals surface area contributed by atoms with E-state index in [1.807, 2.05) is 12.4 Å². The normalized spacial score (nSPS) is 24.5. The molecule has 3 nitrogen and oxygen atoms in total. The zero-order valence-electron chi connectivity index (χ0n) is 12.8. The summed E-state index contributed by atoms with van der Waals surface area (Å²) < 4.78 is 7.79. The van der Waals surface area contributed by atoms with Gasteiger partial charge in [0.1, 0.15) is 5.65 Å². The molecule has 0 saturated heterocycles. The highest BCUT2D eigenvalue weighted by Crippen LogP contribution is 2.58. The van der Waals surface area contributed by atoms with E-state index < -0.39 is 0 Å². The highest BCUT2D eigenvalue weighted by Gasteiger charge is 2.51. The molecule has 3 heteroatoms. The summed E-state index contributed by atoms with van der Waals surface area (Å²) in [5.74, 6) is 0.748. The van der Waals surface area contributed by atoms with Gasteiger partial charge < -0.3 is 4.42 Å². The summed E-state index contributed by atoms with van der Waals surface area (Å²) in [5, 5.41) is 3.72. The van der Waals surface area contributed by atoms with Gasteiger partial charge in [0.15, 0.2) is 0 Å². The lowest BCUT2D eigenvalue weighted by molar-refractivity contribution is 0.598. The number of aromatic nitrogens is 2. The van der Waals surface area contributed by atoms with Gasteiger partial charge in [-0.1, -0.05) is 32.0 Å². The van der Waals surface area contributed by atoms with Crippen LogP contribution in [0.4, 0.5) is 0 Å². The Morgan fingerprint density at radius 1 is 1.32 bits per heavy atom. The summed E-state index contributed by atoms with van der Waals surface area (Å²) in [6, 6.07) is 8.75. The minimum absolute atomic E-state index is 0.323. The van der Waals surface area contributed by atoms with Crippen molar-refractivity contribution in [3.05, 3.63) is 48.5 Å². The predicted molar refractivity (Wildman–Crippen MR) is 88.2 cm³/mol. The van der Waals surface area contributed by atoms with Crippen molar-refractivity contribution < 1.29 is 4.42 Å². The smallest absolute Gasteiger partial charge is 0.212 e. The Balaban J connectivity index is 2.03. The molecular weight excluding hydrogens is 272 g/mol. The van der Waals surface area contributed by atoms with Gasteiger partial charge in [0.25, 0.3) is 0 Å². The number of fused-ring (bicyclic) bond motifs is 6. The third-order valence-corrected chi connectivity index (χ3v) is 5.70. The van der Waals surface area contributed by atoms with Gasteiger partial charge in [-0.05, 0) is 41.2 Å². The van der Waals surface area contributed by atoms with Crippen LogP contribution in [0.2, 0.25) is 0 Å². The molecule has 1 saturated carbocycles. The van der Waals surface area contributed by atoms with Crippen LogP contribution in [0.1, 0.15) is 32.3 Å². The predicted octanol–water partition coefficient (Wildman–Crippen LogP) is 4.92. The van der Waals surface area contributed by atoms with Crippen molar-refractivity contribution in [1.29, 1.82) is 0 Å². The van der Waals surface area contributed by atoms with Crippen LogP contribution in [0.25, 0.3) is 27.5 Å². The number of rotatable bonds is 2. The van der Waals surface area contributed by atoms with E-state index >= 15 is 0 Å². The number of furan rings is 1. The molecule has 4 aromatic rings. The molecule has 22 heavy (non-hydrogen) atoms. The van der Waals surface area contributed by atoms with Crippen LogP contribution in [-0.4, -0.2) is 9.38 Å². The largest absolute Gasteiger partial charge is 0.447 e. The van der Waals surface area contributed by atoms with E-state index in [1.54, 1.807) is 6.26 Å². The van der Waals surface area contributed by atoms with Crippen molar-refractivity contribution in [2.75, 3.05) is 0 Å². The van der Waals surface area contributed by atoms with E-state index in [0.717, 1.165) is 17.3 Å². The first-order chi connectivity index (χ1) is 10.8. The minimum Gasteiger partial charge on any atom is -0.447 e. The second-order valence-electron chi connectivity index (χ2n) is 6.60. The molecule has 1 fully saturated rings. The second kappa shape index (κ2) is 3.92. The summed E-state index contributed by atoms with van der Waals surface area (Å²) in [6.45, 7) is 4.67. The monoisotopic (exact) mass is 290 g/mol. The SMILES string of the molecule is CCC1(c2cccc3c4ccoc4n4ccnc4c23)CC1C. The maximum Gasteiger partial charge on any atom is 0.212 e. The quantitative estimate of drug-likeness (QED) is 0.524. The molecule has 5 rings (SSSR count). The van der Waals surface area contributed by atoms with Crippen LogP contribution in [0.15, 0.2) is 47.3 Å². The average molecular weight is 290 g/mol. The van der Waals surface area contributed by atoms with Gasteiger partial charge in [-0.15, -0.1) is 0 Å². The number of nitrogens with zero attached hydrogens (tertiary/aromatic N) is 2. The van der Waals surface area contributed by atoms with Gasteiger partial charge in [0, 0.05) is 23.2 Å². The van der Waals surface area contributed by atoms with Crippen LogP contribution < -0.4 is 0 Å². The van der Waals surface area contributed by atoms with Crippen molar-refractivity contribution in [1.82, 2.24) is 9.38 Å². The molecule has 110 valence electrons. The summed E-state index contributed by atoms with van der Waals surface area (Å²) in [4.78, 5) is 4.64. The molecule has 0 radical (unpaired) electrons. The van der Waals surface area contributed by atoms with Crippen LogP contribution in [0, 0.1) is 5.92 Å². The topological polar surface area (TPSA) is 30.4 Å². The molecule has 1 aromatic carbocycles. The third kappa shape index (κ3) is 1.30. The first-order valence-electron chi connectivity index (χ1n) is 8.01. The Bertz CT molecular complexity index is 1020. The lowest BCUT2D eigenvalue weighted by Gasteiger charge is -2.18. The van der Waals surface area contributed by atoms with Gasteiger partial charge >= 0.3 is 0 Å². The Hall–Kier alpha value is -2.29. The molecule has 0 bridgehead atoms. The van der Waals surface area contributed by atoms with E-state index in [0.29, 0.717) is 5.41 Å². The molecule has 0 N–H and O–H groups in total. The standard InChI is InChI=1S/C19H18N2O/c1-3-19(11-12(19)2)15-6-4-5-13-14-7-10-22-18(14)21-9-8-20-17(21)16(13)15/h4-10,12H,3,11H2,1-2H3. The number of hydrogen-bond donors (Lipinski definition) is 0. The van der Waals surface area contributed by atoms with Crippen molar-refractivity contribution in [3.63, 3.8) is 0 Å². The Morgan fingerprint density at radius 3 is 2.95 bits per heavy atom. The maximum absolute atomic E-state index is 5.71. The van der Waals surface area contributed by atoms with Gasteiger partial charge in [-0.25, -0.2) is 4.98 Å². The van der Waals surface area contributed by atoms with E-state index in [-0.39, 0.29) is 0 Å². The fourth-order valence-corrected chi connectivity index (χ4v) is 4.32. The Kier molecular flexibility index (Phi) is 2.18. The lowest BCUT2D eigenvalue weighted by atomic mass is 9.87. The van der Waals surface area contributed by atoms with Crippen LogP contribution in [0.5, 0.6) is 0 Å². The Labute approximate surface area is 128 Å². The molecule has 2 atom stereocenters. The maximum atomic E-state index is 5.71. The number of imidazole rings is 1. The van der Waals surface area contributed by atoms with Crippen molar-refractivity contribution in [2.24, 2.45) is 5.92 Å². The van der Waals surface area contributed by atoms with Crippen molar-refractivity contribution >= 4 is 27.5 Å². The zero-order chi connectivity index (χ0) is 14.9. The second-order valence-corrected chi connectivity index (χ2v) is 6.60. The summed E-state index contributed by atoms with van der Waals surface area (Å²) in [7, 11) is 0. The van der Waals surface area contributed by atoms with Crippen molar-refractivity contribution in [2.45, 2.75) is 32.1 Å². The molecule has 3 aromatic heterocycles. The van der Waals surface area contributed by atoms with Gasteiger partial charge in [-0.2, -0.15) is 0 Å². The first-order valence-corrected chi connectivity index (χ1v) is 8.01. The zero-order valence-corrected chi connectivity index (χ0v) is 12.8. The molecule has 1 aliphatic rings. The van der Waals surface area contributed by atoms with E-state index in [4.69, 9.17) is 4.42 Å². The van der Waals surface area contributed by atoms with Crippen LogP contribution in [0.3, 0.4) is 0 Å². The number of pyridine rings is 1. The fraction of sp³-hybridized carbons (Fsp3) is 0.316. The molecule has 0 aliphatic heterocycles. The lowest BCUT2D eigenvalue weighted by Crippen LogP contribution is -2.09. The number of benzene rings is 1. The summed E-state index contributed by atoms with van der Waals surface area (Å²) in [6.07, 6.45) is 8.09. The van der Waals surface area contributed by atoms with Crippen molar-refractivity contribution in [3.8, 4) is 0 Å².